The highest BCUT2D eigenvalue weighted by Gasteiger charge is 2.25. The molecule has 0 bridgehead atoms. The van der Waals surface area contributed by atoms with Crippen LogP contribution in [0.15, 0.2) is 72.6 Å². The molecule has 2 heterocycles. The van der Waals surface area contributed by atoms with Crippen molar-refractivity contribution in [3.8, 4) is 5.69 Å². The minimum absolute atomic E-state index is 0.00707. The average Bonchev–Trinajstić information content (AvgIpc) is 3.50. The number of nitrogens with one attached hydrogen (secondary N) is 1. The van der Waals surface area contributed by atoms with Crippen molar-refractivity contribution < 1.29 is 0 Å². The minimum atomic E-state index is -0.00707. The predicted molar refractivity (Wildman–Crippen MR) is 116 cm³/mol. The largest absolute Gasteiger partial charge is 0.340 e. The summed E-state index contributed by atoms with van der Waals surface area (Å²) < 4.78 is 3.49. The Bertz CT molecular complexity index is 1300. The zero-order chi connectivity index (χ0) is 20.0. The summed E-state index contributed by atoms with van der Waals surface area (Å²) in [6.07, 6.45) is 7.39. The minimum Gasteiger partial charge on any atom is -0.340 e. The maximum absolute atomic E-state index is 12.7. The number of nitrogens with zero attached hydrogens (tertiary/aromatic N) is 4. The molecule has 1 N–H and O–H groups in total. The van der Waals surface area contributed by atoms with E-state index in [1.165, 1.54) is 0 Å². The van der Waals surface area contributed by atoms with Crippen molar-refractivity contribution in [1.82, 2.24) is 19.1 Å². The monoisotopic (exact) mass is 383 g/mol. The normalized spacial score (nSPS) is 13.6. The molecule has 4 aromatic rings. The molecule has 0 radical (unpaired) electrons. The summed E-state index contributed by atoms with van der Waals surface area (Å²) in [6.45, 7) is 5.99. The summed E-state index contributed by atoms with van der Waals surface area (Å²) >= 11 is 0. The van der Waals surface area contributed by atoms with Crippen LogP contribution >= 0.6 is 0 Å². The summed E-state index contributed by atoms with van der Waals surface area (Å²) in [5.41, 5.74) is 4.61. The summed E-state index contributed by atoms with van der Waals surface area (Å²) in [5, 5.41) is 4.24. The van der Waals surface area contributed by atoms with Crippen LogP contribution in [-0.4, -0.2) is 19.1 Å². The molecular weight excluding hydrogens is 362 g/mol. The second-order valence-corrected chi connectivity index (χ2v) is 7.50. The van der Waals surface area contributed by atoms with Gasteiger partial charge in [0.1, 0.15) is 12.1 Å². The molecule has 0 saturated heterocycles. The molecule has 29 heavy (non-hydrogen) atoms. The Hall–Kier alpha value is -3.67. The second-order valence-electron chi connectivity index (χ2n) is 7.50. The Balaban J connectivity index is 1.56. The first kappa shape index (κ1) is 17.4. The molecule has 6 nitrogen and oxygen atoms in total. The first-order valence-electron chi connectivity index (χ1n) is 9.68. The smallest absolute Gasteiger partial charge is 0.332 e. The number of aromatic nitrogens is 4. The van der Waals surface area contributed by atoms with Gasteiger partial charge < -0.3 is 5.32 Å². The quantitative estimate of drug-likeness (QED) is 0.543. The first-order valence-corrected chi connectivity index (χ1v) is 9.68. The maximum atomic E-state index is 12.7. The topological polar surface area (TPSA) is 64.7 Å². The number of benzene rings is 2. The van der Waals surface area contributed by atoms with E-state index in [4.69, 9.17) is 0 Å². The van der Waals surface area contributed by atoms with E-state index in [9.17, 15) is 4.79 Å². The van der Waals surface area contributed by atoms with Crippen LogP contribution in [0.4, 0.5) is 11.5 Å². The van der Waals surface area contributed by atoms with Crippen LogP contribution in [0.25, 0.3) is 22.2 Å². The summed E-state index contributed by atoms with van der Waals surface area (Å²) in [4.78, 5) is 21.5. The van der Waals surface area contributed by atoms with Gasteiger partial charge in [-0.1, -0.05) is 24.3 Å². The Morgan fingerprint density at radius 1 is 1.14 bits per heavy atom. The lowest BCUT2D eigenvalue weighted by Gasteiger charge is -2.11. The van der Waals surface area contributed by atoms with E-state index in [1.807, 2.05) is 66.3 Å². The van der Waals surface area contributed by atoms with Crippen LogP contribution in [0, 0.1) is 0 Å². The summed E-state index contributed by atoms with van der Waals surface area (Å²) in [6, 6.07) is 14.2. The second kappa shape index (κ2) is 6.74. The number of allylic oxidation sites excluding steroid dienone is 1. The van der Waals surface area contributed by atoms with Gasteiger partial charge in [0.15, 0.2) is 0 Å². The van der Waals surface area contributed by atoms with Crippen LogP contribution in [0.5, 0.6) is 0 Å². The van der Waals surface area contributed by atoms with Gasteiger partial charge in [0.05, 0.1) is 11.2 Å². The molecule has 5 rings (SSSR count). The molecule has 0 atom stereocenters. The molecule has 2 aromatic carbocycles. The molecule has 1 aliphatic rings. The molecule has 144 valence electrons. The van der Waals surface area contributed by atoms with Gasteiger partial charge in [-0.25, -0.2) is 14.8 Å². The van der Waals surface area contributed by atoms with E-state index in [0.717, 1.165) is 46.3 Å². The molecule has 1 aliphatic carbocycles. The number of fused-ring (bicyclic) bond motifs is 1. The number of imidazole rings is 1. The first-order chi connectivity index (χ1) is 14.1. The standard InChI is InChI=1S/C23H21N5O/c1-15(2)16-4-3-5-17(12-16)26-22-20-13-19(8-9-21(20)24-14-25-22)28-11-10-27(23(28)29)18-6-7-18/h3-5,8-14,18H,1,6-7H2,2H3,(H,24,25,26). The number of hydrogen-bond donors (Lipinski definition) is 1. The average molecular weight is 383 g/mol. The highest BCUT2D eigenvalue weighted by atomic mass is 16.1. The van der Waals surface area contributed by atoms with E-state index in [1.54, 1.807) is 10.9 Å². The van der Waals surface area contributed by atoms with Gasteiger partial charge in [-0.3, -0.25) is 9.13 Å². The third-order valence-electron chi connectivity index (χ3n) is 5.26. The highest BCUT2D eigenvalue weighted by Crippen LogP contribution is 2.33. The molecule has 1 fully saturated rings. The van der Waals surface area contributed by atoms with Crippen molar-refractivity contribution >= 4 is 28.0 Å². The van der Waals surface area contributed by atoms with Gasteiger partial charge in [-0.05, 0) is 55.7 Å². The SMILES string of the molecule is C=C(C)c1cccc(Nc2ncnc3ccc(-n4ccn(C5CC5)c4=O)cc23)c1. The molecule has 0 aliphatic heterocycles. The molecule has 2 aromatic heterocycles. The van der Waals surface area contributed by atoms with Crippen LogP contribution in [0.1, 0.15) is 31.4 Å². The fraction of sp³-hybridized carbons (Fsp3) is 0.174. The van der Waals surface area contributed by atoms with Crippen LogP contribution in [0.3, 0.4) is 0 Å². The van der Waals surface area contributed by atoms with E-state index in [-0.39, 0.29) is 5.69 Å². The van der Waals surface area contributed by atoms with Crippen molar-refractivity contribution in [2.24, 2.45) is 0 Å². The summed E-state index contributed by atoms with van der Waals surface area (Å²) in [7, 11) is 0. The maximum Gasteiger partial charge on any atom is 0.332 e. The number of anilines is 2. The fourth-order valence-corrected chi connectivity index (χ4v) is 3.51. The predicted octanol–water partition coefficient (Wildman–Crippen LogP) is 4.69. The molecule has 0 amide bonds. The Morgan fingerprint density at radius 2 is 2.00 bits per heavy atom. The van der Waals surface area contributed by atoms with Gasteiger partial charge >= 0.3 is 5.69 Å². The third-order valence-corrected chi connectivity index (χ3v) is 5.26. The van der Waals surface area contributed by atoms with E-state index in [2.05, 4.69) is 21.9 Å². The lowest BCUT2D eigenvalue weighted by Crippen LogP contribution is -2.22. The van der Waals surface area contributed by atoms with Gasteiger partial charge in [0.25, 0.3) is 0 Å². The van der Waals surface area contributed by atoms with E-state index >= 15 is 0 Å². The third kappa shape index (κ3) is 3.23. The van der Waals surface area contributed by atoms with Crippen LogP contribution in [0.2, 0.25) is 0 Å². The molecule has 0 spiro atoms. The van der Waals surface area contributed by atoms with Gasteiger partial charge in [-0.2, -0.15) is 0 Å². The summed E-state index contributed by atoms with van der Waals surface area (Å²) in [5.74, 6) is 0.699. The molecule has 0 unspecified atom stereocenters. The fourth-order valence-electron chi connectivity index (χ4n) is 3.51. The van der Waals surface area contributed by atoms with Crippen molar-refractivity contribution in [2.45, 2.75) is 25.8 Å². The van der Waals surface area contributed by atoms with Crippen LogP contribution < -0.4 is 11.0 Å². The molecular formula is C23H21N5O. The van der Waals surface area contributed by atoms with E-state index < -0.39 is 0 Å². The number of rotatable bonds is 5. The Morgan fingerprint density at radius 3 is 2.79 bits per heavy atom. The highest BCUT2D eigenvalue weighted by molar-refractivity contribution is 5.92. The zero-order valence-corrected chi connectivity index (χ0v) is 16.2. The van der Waals surface area contributed by atoms with Gasteiger partial charge in [-0.15, -0.1) is 0 Å². The van der Waals surface area contributed by atoms with Crippen molar-refractivity contribution in [2.75, 3.05) is 5.32 Å². The van der Waals surface area contributed by atoms with Crippen molar-refractivity contribution in [1.29, 1.82) is 0 Å². The molecule has 6 heteroatoms. The van der Waals surface area contributed by atoms with Crippen LogP contribution in [-0.2, 0) is 0 Å². The lowest BCUT2D eigenvalue weighted by atomic mass is 10.1. The van der Waals surface area contributed by atoms with Crippen molar-refractivity contribution in [3.05, 3.63) is 83.8 Å². The number of hydrogen-bond acceptors (Lipinski definition) is 4. The van der Waals surface area contributed by atoms with Gasteiger partial charge in [0.2, 0.25) is 0 Å². The lowest BCUT2D eigenvalue weighted by molar-refractivity contribution is 0.695. The Kier molecular flexibility index (Phi) is 4.05. The van der Waals surface area contributed by atoms with Crippen molar-refractivity contribution in [3.63, 3.8) is 0 Å². The van der Waals surface area contributed by atoms with Gasteiger partial charge in [0, 0.05) is 29.5 Å². The van der Waals surface area contributed by atoms with E-state index in [0.29, 0.717) is 11.9 Å². The zero-order valence-electron chi connectivity index (χ0n) is 16.2. The molecule has 1 saturated carbocycles. The Labute approximate surface area is 168 Å².